The molecule has 0 aromatic heterocycles. The molecule has 0 heterocycles. The molecule has 11 heavy (non-hydrogen) atoms. The minimum absolute atomic E-state index is 0.00213. The zero-order chi connectivity index (χ0) is 8.27. The summed E-state index contributed by atoms with van der Waals surface area (Å²) in [6, 6.07) is 0. The summed E-state index contributed by atoms with van der Waals surface area (Å²) in [6.07, 6.45) is 4.25. The maximum absolute atomic E-state index is 10.6. The van der Waals surface area contributed by atoms with Crippen molar-refractivity contribution in [1.82, 2.24) is 0 Å². The van der Waals surface area contributed by atoms with Gasteiger partial charge in [-0.1, -0.05) is 6.08 Å². The van der Waals surface area contributed by atoms with Crippen LogP contribution in [0.15, 0.2) is 12.2 Å². The summed E-state index contributed by atoms with van der Waals surface area (Å²) < 4.78 is 0. The quantitative estimate of drug-likeness (QED) is 0.545. The zero-order valence-corrected chi connectivity index (χ0v) is 6.08. The maximum Gasteiger partial charge on any atom is 0.155 e. The lowest BCUT2D eigenvalue weighted by Gasteiger charge is -2.15. The van der Waals surface area contributed by atoms with Crippen LogP contribution in [0.5, 0.6) is 0 Å². The summed E-state index contributed by atoms with van der Waals surface area (Å²) in [5, 5.41) is 10.1. The molecule has 3 heteroatoms. The second-order valence-electron chi connectivity index (χ2n) is 2.70. The molecule has 0 saturated heterocycles. The molecule has 3 nitrogen and oxygen atoms in total. The van der Waals surface area contributed by atoms with Gasteiger partial charge in [-0.3, -0.25) is 4.79 Å². The van der Waals surface area contributed by atoms with Crippen LogP contribution in [-0.4, -0.2) is 11.8 Å². The standard InChI is InChI=1S/C8H10O3/c9-7-3-1-6(2-4-7)5-8(10)11/h1,3,6H,2,4-5H2,(H,10,11)/p-1. The van der Waals surface area contributed by atoms with E-state index >= 15 is 0 Å². The number of aliphatic carboxylic acids is 1. The average molecular weight is 153 g/mol. The van der Waals surface area contributed by atoms with Gasteiger partial charge < -0.3 is 9.90 Å². The van der Waals surface area contributed by atoms with Gasteiger partial charge in [0.2, 0.25) is 0 Å². The van der Waals surface area contributed by atoms with Crippen molar-refractivity contribution in [2.75, 3.05) is 0 Å². The highest BCUT2D eigenvalue weighted by Gasteiger charge is 2.12. The summed E-state index contributed by atoms with van der Waals surface area (Å²) >= 11 is 0. The van der Waals surface area contributed by atoms with Crippen molar-refractivity contribution in [1.29, 1.82) is 0 Å². The number of allylic oxidation sites excluding steroid dienone is 2. The second kappa shape index (κ2) is 3.32. The predicted octanol–water partition coefficient (Wildman–Crippen LogP) is -0.338. The number of hydrogen-bond acceptors (Lipinski definition) is 3. The smallest absolute Gasteiger partial charge is 0.155 e. The first kappa shape index (κ1) is 7.98. The van der Waals surface area contributed by atoms with E-state index in [0.29, 0.717) is 12.8 Å². The molecule has 0 bridgehead atoms. The van der Waals surface area contributed by atoms with Crippen molar-refractivity contribution in [3.05, 3.63) is 12.2 Å². The number of hydrogen-bond donors (Lipinski definition) is 0. The van der Waals surface area contributed by atoms with Crippen LogP contribution in [0.25, 0.3) is 0 Å². The van der Waals surface area contributed by atoms with Crippen molar-refractivity contribution in [2.24, 2.45) is 5.92 Å². The molecule has 0 amide bonds. The van der Waals surface area contributed by atoms with Crippen LogP contribution >= 0.6 is 0 Å². The third-order valence-corrected chi connectivity index (χ3v) is 1.74. The zero-order valence-electron chi connectivity index (χ0n) is 6.08. The van der Waals surface area contributed by atoms with E-state index in [1.165, 1.54) is 6.08 Å². The van der Waals surface area contributed by atoms with Gasteiger partial charge in [0.15, 0.2) is 5.78 Å². The molecule has 1 atom stereocenters. The highest BCUT2D eigenvalue weighted by molar-refractivity contribution is 5.90. The third kappa shape index (κ3) is 2.53. The first-order valence-corrected chi connectivity index (χ1v) is 3.59. The van der Waals surface area contributed by atoms with E-state index in [2.05, 4.69) is 0 Å². The minimum atomic E-state index is -1.05. The van der Waals surface area contributed by atoms with E-state index in [-0.39, 0.29) is 18.1 Å². The van der Waals surface area contributed by atoms with Gasteiger partial charge >= 0.3 is 0 Å². The molecular weight excluding hydrogens is 144 g/mol. The summed E-state index contributed by atoms with van der Waals surface area (Å²) in [6.45, 7) is 0. The molecule has 0 N–H and O–H groups in total. The molecule has 0 aromatic carbocycles. The predicted molar refractivity (Wildman–Crippen MR) is 36.5 cm³/mol. The molecule has 0 radical (unpaired) electrons. The molecule has 1 aliphatic rings. The Morgan fingerprint density at radius 1 is 1.73 bits per heavy atom. The van der Waals surface area contributed by atoms with Crippen LogP contribution in [-0.2, 0) is 9.59 Å². The van der Waals surface area contributed by atoms with Crippen molar-refractivity contribution in [2.45, 2.75) is 19.3 Å². The summed E-state index contributed by atoms with van der Waals surface area (Å²) in [7, 11) is 0. The SMILES string of the molecule is O=C([O-])CC1C=CC(=O)CC1. The van der Waals surface area contributed by atoms with E-state index in [9.17, 15) is 14.7 Å². The molecule has 0 aromatic rings. The highest BCUT2D eigenvalue weighted by Crippen LogP contribution is 2.17. The second-order valence-corrected chi connectivity index (χ2v) is 2.70. The number of carbonyl (C=O) groups is 2. The Hall–Kier alpha value is -1.12. The largest absolute Gasteiger partial charge is 0.550 e. The Labute approximate surface area is 64.7 Å². The van der Waals surface area contributed by atoms with Crippen LogP contribution in [0.2, 0.25) is 0 Å². The summed E-state index contributed by atoms with van der Waals surface area (Å²) in [4.78, 5) is 20.8. The van der Waals surface area contributed by atoms with Gasteiger partial charge in [-0.2, -0.15) is 0 Å². The topological polar surface area (TPSA) is 57.2 Å². The molecule has 0 aliphatic heterocycles. The fraction of sp³-hybridized carbons (Fsp3) is 0.500. The highest BCUT2D eigenvalue weighted by atomic mass is 16.4. The molecular formula is C8H9O3-. The van der Waals surface area contributed by atoms with E-state index in [0.717, 1.165) is 0 Å². The summed E-state index contributed by atoms with van der Waals surface area (Å²) in [5.74, 6) is -0.966. The summed E-state index contributed by atoms with van der Waals surface area (Å²) in [5.41, 5.74) is 0. The van der Waals surface area contributed by atoms with Gasteiger partial charge in [0.25, 0.3) is 0 Å². The first-order chi connectivity index (χ1) is 5.18. The Kier molecular flexibility index (Phi) is 2.41. The van der Waals surface area contributed by atoms with Crippen LogP contribution in [0.4, 0.5) is 0 Å². The van der Waals surface area contributed by atoms with E-state index in [4.69, 9.17) is 0 Å². The Bertz CT molecular complexity index is 205. The van der Waals surface area contributed by atoms with Crippen LogP contribution in [0.3, 0.4) is 0 Å². The Balaban J connectivity index is 2.44. The molecule has 60 valence electrons. The van der Waals surface area contributed by atoms with Crippen molar-refractivity contribution >= 4 is 11.8 Å². The van der Waals surface area contributed by atoms with Gasteiger partial charge in [0, 0.05) is 12.4 Å². The molecule has 1 aliphatic carbocycles. The normalized spacial score (nSPS) is 23.6. The van der Waals surface area contributed by atoms with Gasteiger partial charge in [-0.15, -0.1) is 0 Å². The van der Waals surface area contributed by atoms with Gasteiger partial charge in [0.05, 0.1) is 0 Å². The lowest BCUT2D eigenvalue weighted by molar-refractivity contribution is -0.306. The Morgan fingerprint density at radius 2 is 2.45 bits per heavy atom. The monoisotopic (exact) mass is 153 g/mol. The molecule has 0 spiro atoms. The van der Waals surface area contributed by atoms with Crippen molar-refractivity contribution < 1.29 is 14.7 Å². The minimum Gasteiger partial charge on any atom is -0.550 e. The fourth-order valence-electron chi connectivity index (χ4n) is 1.13. The number of carboxylic acids is 1. The number of carboxylic acid groups (broad SMARTS) is 1. The molecule has 1 unspecified atom stereocenters. The number of carbonyl (C=O) groups excluding carboxylic acids is 2. The van der Waals surface area contributed by atoms with Crippen LogP contribution in [0, 0.1) is 5.92 Å². The lowest BCUT2D eigenvalue weighted by Crippen LogP contribution is -2.25. The Morgan fingerprint density at radius 3 is 2.91 bits per heavy atom. The van der Waals surface area contributed by atoms with Gasteiger partial charge in [-0.05, 0) is 24.8 Å². The average Bonchev–Trinajstić information content (AvgIpc) is 1.93. The number of rotatable bonds is 2. The van der Waals surface area contributed by atoms with Crippen LogP contribution < -0.4 is 5.11 Å². The number of ketones is 1. The van der Waals surface area contributed by atoms with Crippen LogP contribution in [0.1, 0.15) is 19.3 Å². The van der Waals surface area contributed by atoms with Crippen molar-refractivity contribution in [3.63, 3.8) is 0 Å². The van der Waals surface area contributed by atoms with E-state index < -0.39 is 5.97 Å². The van der Waals surface area contributed by atoms with Crippen molar-refractivity contribution in [3.8, 4) is 0 Å². The third-order valence-electron chi connectivity index (χ3n) is 1.74. The van der Waals surface area contributed by atoms with Gasteiger partial charge in [-0.25, -0.2) is 0 Å². The maximum atomic E-state index is 10.6. The lowest BCUT2D eigenvalue weighted by atomic mass is 9.93. The fourth-order valence-corrected chi connectivity index (χ4v) is 1.13. The first-order valence-electron chi connectivity index (χ1n) is 3.59. The van der Waals surface area contributed by atoms with E-state index in [1.54, 1.807) is 6.08 Å². The molecule has 0 fully saturated rings. The molecule has 0 saturated carbocycles. The van der Waals surface area contributed by atoms with Gasteiger partial charge in [0.1, 0.15) is 0 Å². The van der Waals surface area contributed by atoms with E-state index in [1.807, 2.05) is 0 Å². The molecule has 1 rings (SSSR count).